The highest BCUT2D eigenvalue weighted by Gasteiger charge is 2.59. The minimum Gasteiger partial charge on any atom is -0.123 e. The highest BCUT2D eigenvalue weighted by molar-refractivity contribution is 6.20. The van der Waals surface area contributed by atoms with Crippen molar-refractivity contribution < 1.29 is 0 Å². The Labute approximate surface area is 193 Å². The monoisotopic (exact) mass is 432 g/mol. The standard InChI is InChI=1S/C29H49Cl/c1-7-21(19(2)3)9-8-20(4)25-12-13-26-24-11-10-22-18-23(30)14-16-28(22,5)27(24)15-17-29(25,26)6/h10,19-21,23-27H,7-9,11-18H2,1-6H3. The number of hydrogen-bond donors (Lipinski definition) is 0. The van der Waals surface area contributed by atoms with Gasteiger partial charge in [-0.2, -0.15) is 0 Å². The van der Waals surface area contributed by atoms with Gasteiger partial charge in [-0.05, 0) is 110 Å². The Balaban J connectivity index is 1.47. The highest BCUT2D eigenvalue weighted by atomic mass is 35.5. The molecular weight excluding hydrogens is 384 g/mol. The lowest BCUT2D eigenvalue weighted by molar-refractivity contribution is -0.0501. The number of halogens is 1. The van der Waals surface area contributed by atoms with E-state index in [9.17, 15) is 0 Å². The smallest absolute Gasteiger partial charge is 0.0373 e. The van der Waals surface area contributed by atoms with Crippen LogP contribution in [-0.2, 0) is 0 Å². The van der Waals surface area contributed by atoms with E-state index in [1.165, 1.54) is 64.2 Å². The molecule has 4 aliphatic rings. The molecular formula is C29H49Cl. The molecule has 172 valence electrons. The molecule has 0 amide bonds. The molecule has 4 aliphatic carbocycles. The van der Waals surface area contributed by atoms with Gasteiger partial charge in [-0.15, -0.1) is 11.6 Å². The summed E-state index contributed by atoms with van der Waals surface area (Å²) in [5.74, 6) is 6.48. The molecule has 3 saturated carbocycles. The average Bonchev–Trinajstić information content (AvgIpc) is 3.06. The van der Waals surface area contributed by atoms with Crippen LogP contribution >= 0.6 is 11.6 Å². The highest BCUT2D eigenvalue weighted by Crippen LogP contribution is 2.67. The predicted molar refractivity (Wildman–Crippen MR) is 132 cm³/mol. The fourth-order valence-electron chi connectivity index (χ4n) is 9.28. The maximum absolute atomic E-state index is 6.58. The lowest BCUT2D eigenvalue weighted by Gasteiger charge is -2.58. The van der Waals surface area contributed by atoms with Crippen LogP contribution in [0.25, 0.3) is 0 Å². The van der Waals surface area contributed by atoms with Gasteiger partial charge in [-0.3, -0.25) is 0 Å². The molecule has 30 heavy (non-hydrogen) atoms. The summed E-state index contributed by atoms with van der Waals surface area (Å²) < 4.78 is 0. The van der Waals surface area contributed by atoms with Gasteiger partial charge in [0.15, 0.2) is 0 Å². The van der Waals surface area contributed by atoms with Gasteiger partial charge in [-0.1, -0.05) is 66.0 Å². The molecule has 0 heterocycles. The van der Waals surface area contributed by atoms with Crippen molar-refractivity contribution in [2.75, 3.05) is 0 Å². The molecule has 0 N–H and O–H groups in total. The zero-order valence-electron chi connectivity index (χ0n) is 20.9. The fraction of sp³-hybridized carbons (Fsp3) is 0.931. The van der Waals surface area contributed by atoms with Crippen molar-refractivity contribution in [1.82, 2.24) is 0 Å². The molecule has 3 fully saturated rings. The van der Waals surface area contributed by atoms with Gasteiger partial charge in [0.05, 0.1) is 0 Å². The van der Waals surface area contributed by atoms with Crippen LogP contribution in [0.3, 0.4) is 0 Å². The van der Waals surface area contributed by atoms with Crippen LogP contribution in [0.5, 0.6) is 0 Å². The molecule has 0 nitrogen and oxygen atoms in total. The van der Waals surface area contributed by atoms with Crippen molar-refractivity contribution in [3.8, 4) is 0 Å². The number of alkyl halides is 1. The van der Waals surface area contributed by atoms with Crippen LogP contribution in [-0.4, -0.2) is 5.38 Å². The molecule has 0 radical (unpaired) electrons. The van der Waals surface area contributed by atoms with E-state index in [-0.39, 0.29) is 0 Å². The van der Waals surface area contributed by atoms with E-state index in [4.69, 9.17) is 11.6 Å². The first kappa shape index (κ1) is 23.2. The van der Waals surface area contributed by atoms with E-state index in [0.717, 1.165) is 47.8 Å². The minimum absolute atomic E-state index is 0.393. The Hall–Kier alpha value is 0.0300. The van der Waals surface area contributed by atoms with Gasteiger partial charge >= 0.3 is 0 Å². The maximum Gasteiger partial charge on any atom is 0.0373 e. The molecule has 0 aromatic rings. The molecule has 0 aromatic carbocycles. The summed E-state index contributed by atoms with van der Waals surface area (Å²) in [6, 6.07) is 0. The van der Waals surface area contributed by atoms with E-state index in [1.807, 2.05) is 0 Å². The van der Waals surface area contributed by atoms with E-state index >= 15 is 0 Å². The summed E-state index contributed by atoms with van der Waals surface area (Å²) in [5, 5.41) is 0.393. The molecule has 1 heteroatoms. The zero-order valence-corrected chi connectivity index (χ0v) is 21.6. The molecule has 9 atom stereocenters. The van der Waals surface area contributed by atoms with Crippen molar-refractivity contribution >= 4 is 11.6 Å². The average molecular weight is 433 g/mol. The second kappa shape index (κ2) is 8.76. The second-order valence-corrected chi connectivity index (χ2v) is 13.4. The summed E-state index contributed by atoms with van der Waals surface area (Å²) in [5.41, 5.74) is 2.80. The number of fused-ring (bicyclic) bond motifs is 5. The first-order chi connectivity index (χ1) is 14.2. The van der Waals surface area contributed by atoms with E-state index in [0.29, 0.717) is 16.2 Å². The summed E-state index contributed by atoms with van der Waals surface area (Å²) in [6.45, 7) is 15.2. The molecule has 0 saturated heterocycles. The van der Waals surface area contributed by atoms with Gasteiger partial charge < -0.3 is 0 Å². The third-order valence-electron chi connectivity index (χ3n) is 11.3. The van der Waals surface area contributed by atoms with Gasteiger partial charge in [0.1, 0.15) is 0 Å². The summed E-state index contributed by atoms with van der Waals surface area (Å²) in [7, 11) is 0. The Morgan fingerprint density at radius 2 is 1.77 bits per heavy atom. The number of allylic oxidation sites excluding steroid dienone is 2. The van der Waals surface area contributed by atoms with Crippen molar-refractivity contribution in [3.63, 3.8) is 0 Å². The quantitative estimate of drug-likeness (QED) is 0.289. The number of rotatable bonds is 6. The Morgan fingerprint density at radius 1 is 1.00 bits per heavy atom. The van der Waals surface area contributed by atoms with E-state index in [2.05, 4.69) is 47.6 Å². The first-order valence-corrected chi connectivity index (χ1v) is 14.0. The second-order valence-electron chi connectivity index (χ2n) is 12.8. The van der Waals surface area contributed by atoms with Crippen LogP contribution < -0.4 is 0 Å². The lowest BCUT2D eigenvalue weighted by Crippen LogP contribution is -2.50. The number of hydrogen-bond acceptors (Lipinski definition) is 0. The molecule has 9 unspecified atom stereocenters. The van der Waals surface area contributed by atoms with Crippen LogP contribution in [0.4, 0.5) is 0 Å². The molecule has 0 bridgehead atoms. The fourth-order valence-corrected chi connectivity index (χ4v) is 9.55. The van der Waals surface area contributed by atoms with Crippen LogP contribution in [0.1, 0.15) is 112 Å². The van der Waals surface area contributed by atoms with Crippen LogP contribution in [0, 0.1) is 52.3 Å². The summed E-state index contributed by atoms with van der Waals surface area (Å²) >= 11 is 6.58. The third kappa shape index (κ3) is 3.84. The molecule has 0 aromatic heterocycles. The predicted octanol–water partition coefficient (Wildman–Crippen LogP) is 9.27. The van der Waals surface area contributed by atoms with Crippen molar-refractivity contribution in [2.45, 2.75) is 118 Å². The van der Waals surface area contributed by atoms with Crippen molar-refractivity contribution in [2.24, 2.45) is 52.3 Å². The van der Waals surface area contributed by atoms with Gasteiger partial charge in [0.25, 0.3) is 0 Å². The molecule has 4 rings (SSSR count). The Morgan fingerprint density at radius 3 is 2.47 bits per heavy atom. The summed E-state index contributed by atoms with van der Waals surface area (Å²) in [6.07, 6.45) is 18.0. The van der Waals surface area contributed by atoms with Crippen LogP contribution in [0.2, 0.25) is 0 Å². The summed E-state index contributed by atoms with van der Waals surface area (Å²) in [4.78, 5) is 0. The topological polar surface area (TPSA) is 0 Å². The van der Waals surface area contributed by atoms with E-state index < -0.39 is 0 Å². The Bertz CT molecular complexity index is 634. The Kier molecular flexibility index (Phi) is 6.77. The molecule has 0 spiro atoms. The maximum atomic E-state index is 6.58. The van der Waals surface area contributed by atoms with Gasteiger partial charge in [-0.25, -0.2) is 0 Å². The largest absolute Gasteiger partial charge is 0.123 e. The normalized spacial score (nSPS) is 45.3. The van der Waals surface area contributed by atoms with Gasteiger partial charge in [0, 0.05) is 5.38 Å². The van der Waals surface area contributed by atoms with Crippen molar-refractivity contribution in [3.05, 3.63) is 11.6 Å². The van der Waals surface area contributed by atoms with Gasteiger partial charge in [0.2, 0.25) is 0 Å². The molecule has 0 aliphatic heterocycles. The van der Waals surface area contributed by atoms with Crippen LogP contribution in [0.15, 0.2) is 11.6 Å². The zero-order chi connectivity index (χ0) is 21.7. The SMILES string of the molecule is CCC(CCC(C)C1CCC2C3CC=C4CC(Cl)CCC4(C)C3CCC12C)C(C)C. The van der Waals surface area contributed by atoms with E-state index in [1.54, 1.807) is 5.57 Å². The third-order valence-corrected chi connectivity index (χ3v) is 11.6. The minimum atomic E-state index is 0.393. The first-order valence-electron chi connectivity index (χ1n) is 13.5. The van der Waals surface area contributed by atoms with Crippen molar-refractivity contribution in [1.29, 1.82) is 0 Å². The lowest BCUT2D eigenvalue weighted by atomic mass is 9.47.